The highest BCUT2D eigenvalue weighted by atomic mass is 16.5. The van der Waals surface area contributed by atoms with Crippen LogP contribution in [0.2, 0.25) is 0 Å². The fourth-order valence-electron chi connectivity index (χ4n) is 2.77. The Balaban J connectivity index is 2.24. The molecule has 21 heavy (non-hydrogen) atoms. The second kappa shape index (κ2) is 4.48. The average molecular weight is 284 g/mol. The summed E-state index contributed by atoms with van der Waals surface area (Å²) in [5, 5.41) is 10.0. The summed E-state index contributed by atoms with van der Waals surface area (Å²) >= 11 is 0. The van der Waals surface area contributed by atoms with Crippen LogP contribution in [0.15, 0.2) is 36.7 Å². The second-order valence-electron chi connectivity index (χ2n) is 5.48. The van der Waals surface area contributed by atoms with Gasteiger partial charge in [-0.3, -0.25) is 9.78 Å². The van der Waals surface area contributed by atoms with Gasteiger partial charge in [0.25, 0.3) is 0 Å². The zero-order valence-corrected chi connectivity index (χ0v) is 12.1. The lowest BCUT2D eigenvalue weighted by Crippen LogP contribution is -2.41. The standard InChI is InChI=1S/C16H16N2O3/c1-16(2)15(20)11-7-14(21-3)13(19)8-12(11)18(16)10-5-4-6-17-9-10/h4-9,19H,1-3H3. The van der Waals surface area contributed by atoms with Gasteiger partial charge in [-0.2, -0.15) is 0 Å². The summed E-state index contributed by atoms with van der Waals surface area (Å²) in [6.07, 6.45) is 3.38. The van der Waals surface area contributed by atoms with Gasteiger partial charge in [0.1, 0.15) is 5.54 Å². The zero-order chi connectivity index (χ0) is 15.2. The van der Waals surface area contributed by atoms with Crippen LogP contribution in [0.4, 0.5) is 11.4 Å². The number of phenolic OH excluding ortho intramolecular Hbond substituents is 1. The summed E-state index contributed by atoms with van der Waals surface area (Å²) in [4.78, 5) is 18.7. The molecule has 1 aromatic heterocycles. The van der Waals surface area contributed by atoms with Crippen molar-refractivity contribution in [2.24, 2.45) is 0 Å². The van der Waals surface area contributed by atoms with E-state index in [4.69, 9.17) is 4.74 Å². The molecule has 5 nitrogen and oxygen atoms in total. The Labute approximate surface area is 122 Å². The molecule has 0 unspecified atom stereocenters. The fourth-order valence-corrected chi connectivity index (χ4v) is 2.77. The molecule has 1 aromatic carbocycles. The van der Waals surface area contributed by atoms with E-state index in [9.17, 15) is 9.90 Å². The minimum atomic E-state index is -0.746. The van der Waals surface area contributed by atoms with E-state index in [0.717, 1.165) is 5.69 Å². The van der Waals surface area contributed by atoms with E-state index in [2.05, 4.69) is 4.98 Å². The third kappa shape index (κ3) is 1.85. The number of carbonyl (C=O) groups excluding carboxylic acids is 1. The molecule has 1 N–H and O–H groups in total. The van der Waals surface area contributed by atoms with Crippen LogP contribution in [0, 0.1) is 0 Å². The summed E-state index contributed by atoms with van der Waals surface area (Å²) < 4.78 is 5.09. The first kappa shape index (κ1) is 13.4. The maximum atomic E-state index is 12.7. The Morgan fingerprint density at radius 2 is 2.10 bits per heavy atom. The number of methoxy groups -OCH3 is 1. The normalized spacial score (nSPS) is 16.0. The molecule has 0 saturated heterocycles. The van der Waals surface area contributed by atoms with Crippen molar-refractivity contribution >= 4 is 17.2 Å². The molecule has 108 valence electrons. The molecular formula is C16H16N2O3. The number of aromatic nitrogens is 1. The van der Waals surface area contributed by atoms with Crippen molar-refractivity contribution in [3.63, 3.8) is 0 Å². The Morgan fingerprint density at radius 3 is 2.71 bits per heavy atom. The van der Waals surface area contributed by atoms with Crippen LogP contribution in [0.3, 0.4) is 0 Å². The average Bonchev–Trinajstić information content (AvgIpc) is 2.66. The Bertz CT molecular complexity index is 711. The first-order valence-corrected chi connectivity index (χ1v) is 6.63. The Morgan fingerprint density at radius 1 is 1.33 bits per heavy atom. The minimum absolute atomic E-state index is 0.00985. The second-order valence-corrected chi connectivity index (χ2v) is 5.48. The third-order valence-electron chi connectivity index (χ3n) is 3.80. The van der Waals surface area contributed by atoms with Gasteiger partial charge in [0, 0.05) is 17.8 Å². The molecular weight excluding hydrogens is 268 g/mol. The van der Waals surface area contributed by atoms with Crippen LogP contribution in [0.25, 0.3) is 0 Å². The number of hydrogen-bond acceptors (Lipinski definition) is 5. The van der Waals surface area contributed by atoms with Gasteiger partial charge in [0.2, 0.25) is 0 Å². The molecule has 2 aromatic rings. The van der Waals surface area contributed by atoms with Gasteiger partial charge in [0.05, 0.1) is 24.7 Å². The number of aromatic hydroxyl groups is 1. The van der Waals surface area contributed by atoms with Crippen LogP contribution < -0.4 is 9.64 Å². The molecule has 1 aliphatic heterocycles. The van der Waals surface area contributed by atoms with Crippen molar-refractivity contribution in [2.75, 3.05) is 12.0 Å². The van der Waals surface area contributed by atoms with Crippen molar-refractivity contribution < 1.29 is 14.6 Å². The molecule has 0 atom stereocenters. The van der Waals surface area contributed by atoms with Crippen LogP contribution in [0.1, 0.15) is 24.2 Å². The molecule has 0 bridgehead atoms. The van der Waals surface area contributed by atoms with Crippen LogP contribution >= 0.6 is 0 Å². The van der Waals surface area contributed by atoms with Gasteiger partial charge < -0.3 is 14.7 Å². The molecule has 0 saturated carbocycles. The predicted molar refractivity (Wildman–Crippen MR) is 79.4 cm³/mol. The first-order chi connectivity index (χ1) is 9.96. The predicted octanol–water partition coefficient (Wildman–Crippen LogP) is 2.91. The molecule has 5 heteroatoms. The summed E-state index contributed by atoms with van der Waals surface area (Å²) in [5.74, 6) is 0.293. The maximum Gasteiger partial charge on any atom is 0.190 e. The molecule has 3 rings (SSSR count). The van der Waals surface area contributed by atoms with Gasteiger partial charge in [-0.1, -0.05) is 0 Å². The fraction of sp³-hybridized carbons (Fsp3) is 0.250. The van der Waals surface area contributed by atoms with Gasteiger partial charge in [-0.15, -0.1) is 0 Å². The number of nitrogens with zero attached hydrogens (tertiary/aromatic N) is 2. The zero-order valence-electron chi connectivity index (χ0n) is 12.1. The quantitative estimate of drug-likeness (QED) is 0.918. The first-order valence-electron chi connectivity index (χ1n) is 6.63. The smallest absolute Gasteiger partial charge is 0.190 e. The van der Waals surface area contributed by atoms with E-state index in [0.29, 0.717) is 17.0 Å². The highest BCUT2D eigenvalue weighted by Crippen LogP contribution is 2.47. The monoisotopic (exact) mass is 284 g/mol. The Kier molecular flexibility index (Phi) is 2.86. The number of benzene rings is 1. The van der Waals surface area contributed by atoms with Gasteiger partial charge in [0.15, 0.2) is 17.3 Å². The molecule has 0 radical (unpaired) electrons. The number of ketones is 1. The summed E-state index contributed by atoms with van der Waals surface area (Å²) in [6, 6.07) is 6.86. The van der Waals surface area contributed by atoms with Crippen molar-refractivity contribution in [3.8, 4) is 11.5 Å². The van der Waals surface area contributed by atoms with E-state index < -0.39 is 5.54 Å². The number of rotatable bonds is 2. The van der Waals surface area contributed by atoms with Crippen molar-refractivity contribution in [3.05, 3.63) is 42.2 Å². The highest BCUT2D eigenvalue weighted by Gasteiger charge is 2.45. The van der Waals surface area contributed by atoms with Gasteiger partial charge >= 0.3 is 0 Å². The number of carbonyl (C=O) groups is 1. The number of ether oxygens (including phenoxy) is 1. The minimum Gasteiger partial charge on any atom is -0.504 e. The Hall–Kier alpha value is -2.56. The number of Topliss-reactive ketones (excluding diaryl/α,β-unsaturated/α-hetero) is 1. The van der Waals surface area contributed by atoms with E-state index in [1.54, 1.807) is 24.5 Å². The molecule has 2 heterocycles. The number of pyridine rings is 1. The molecule has 0 fully saturated rings. The van der Waals surface area contributed by atoms with Crippen molar-refractivity contribution in [2.45, 2.75) is 19.4 Å². The number of phenols is 1. The molecule has 1 aliphatic rings. The lowest BCUT2D eigenvalue weighted by Gasteiger charge is -2.32. The summed E-state index contributed by atoms with van der Waals surface area (Å²) in [6.45, 7) is 3.71. The third-order valence-corrected chi connectivity index (χ3v) is 3.80. The number of fused-ring (bicyclic) bond motifs is 1. The molecule has 0 amide bonds. The largest absolute Gasteiger partial charge is 0.504 e. The topological polar surface area (TPSA) is 62.7 Å². The van der Waals surface area contributed by atoms with Gasteiger partial charge in [-0.25, -0.2) is 0 Å². The van der Waals surface area contributed by atoms with Crippen LogP contribution in [-0.2, 0) is 0 Å². The lowest BCUT2D eigenvalue weighted by molar-refractivity contribution is 0.0929. The number of hydrogen-bond donors (Lipinski definition) is 1. The summed E-state index contributed by atoms with van der Waals surface area (Å²) in [7, 11) is 1.46. The van der Waals surface area contributed by atoms with E-state index in [1.165, 1.54) is 7.11 Å². The van der Waals surface area contributed by atoms with Crippen molar-refractivity contribution in [1.29, 1.82) is 0 Å². The van der Waals surface area contributed by atoms with Crippen LogP contribution in [0.5, 0.6) is 11.5 Å². The lowest BCUT2D eigenvalue weighted by atomic mass is 9.97. The van der Waals surface area contributed by atoms with Crippen LogP contribution in [-0.4, -0.2) is 28.5 Å². The van der Waals surface area contributed by atoms with Crippen molar-refractivity contribution in [1.82, 2.24) is 4.98 Å². The highest BCUT2D eigenvalue weighted by molar-refractivity contribution is 6.15. The van der Waals surface area contributed by atoms with E-state index in [1.807, 2.05) is 30.9 Å². The van der Waals surface area contributed by atoms with Gasteiger partial charge in [-0.05, 0) is 32.0 Å². The maximum absolute atomic E-state index is 12.7. The molecule has 0 spiro atoms. The van der Waals surface area contributed by atoms with E-state index >= 15 is 0 Å². The summed E-state index contributed by atoms with van der Waals surface area (Å²) in [5.41, 5.74) is 1.26. The SMILES string of the molecule is COc1cc2c(cc1O)N(c1cccnc1)C(C)(C)C2=O. The number of anilines is 2. The molecule has 0 aliphatic carbocycles. The van der Waals surface area contributed by atoms with E-state index in [-0.39, 0.29) is 11.5 Å².